The van der Waals surface area contributed by atoms with Gasteiger partial charge in [-0.25, -0.2) is 0 Å². The summed E-state index contributed by atoms with van der Waals surface area (Å²) in [7, 11) is 0. The number of alkyl halides is 2. The predicted molar refractivity (Wildman–Crippen MR) is 87.4 cm³/mol. The van der Waals surface area contributed by atoms with Crippen LogP contribution in [0.4, 0.5) is 0 Å². The van der Waals surface area contributed by atoms with Crippen LogP contribution in [0.3, 0.4) is 0 Å². The highest BCUT2D eigenvalue weighted by Gasteiger charge is 2.13. The lowest BCUT2D eigenvalue weighted by Gasteiger charge is -2.20. The molecule has 0 bridgehead atoms. The van der Waals surface area contributed by atoms with Crippen molar-refractivity contribution in [2.75, 3.05) is 31.5 Å². The van der Waals surface area contributed by atoms with Crippen LogP contribution in [-0.2, 0) is 6.54 Å². The Morgan fingerprint density at radius 2 is 1.80 bits per heavy atom. The minimum absolute atomic E-state index is 0.526. The number of aryl methyl sites for hydroxylation is 1. The van der Waals surface area contributed by atoms with Crippen LogP contribution >= 0.6 is 23.2 Å². The highest BCUT2D eigenvalue weighted by Crippen LogP contribution is 2.20. The van der Waals surface area contributed by atoms with E-state index >= 15 is 0 Å². The zero-order chi connectivity index (χ0) is 15.0. The van der Waals surface area contributed by atoms with Crippen molar-refractivity contribution in [3.05, 3.63) is 29.3 Å². The highest BCUT2D eigenvalue weighted by molar-refractivity contribution is 6.18. The lowest BCUT2D eigenvalue weighted by molar-refractivity contribution is -0.909. The number of ether oxygens (including phenoxy) is 1. The summed E-state index contributed by atoms with van der Waals surface area (Å²) in [6.45, 7) is 9.93. The second-order valence-electron chi connectivity index (χ2n) is 5.62. The normalized spacial score (nSPS) is 11.3. The Kier molecular flexibility index (Phi) is 8.35. The molecule has 0 spiro atoms. The van der Waals surface area contributed by atoms with Gasteiger partial charge < -0.3 is 9.64 Å². The molecule has 4 heteroatoms. The Hall–Kier alpha value is -0.440. The zero-order valence-corrected chi connectivity index (χ0v) is 14.2. The molecular formula is C16H26Cl2NO+. The molecule has 0 heterocycles. The standard InChI is InChI=1S/C16H25Cl2NO/c1-13(2)12-20-16-5-4-14(3)10-15(16)11-19(8-6-17)9-7-18/h4-5,10,13H,6-9,11-12H2,1-3H3/p+1. The first kappa shape index (κ1) is 17.6. The Labute approximate surface area is 133 Å². The molecule has 2 nitrogen and oxygen atoms in total. The van der Waals surface area contributed by atoms with Gasteiger partial charge in [0.15, 0.2) is 0 Å². The summed E-state index contributed by atoms with van der Waals surface area (Å²) >= 11 is 11.8. The summed E-state index contributed by atoms with van der Waals surface area (Å²) in [5.41, 5.74) is 2.50. The average molecular weight is 319 g/mol. The van der Waals surface area contributed by atoms with E-state index in [1.54, 1.807) is 0 Å². The van der Waals surface area contributed by atoms with Crippen LogP contribution in [0, 0.1) is 12.8 Å². The molecule has 0 saturated carbocycles. The molecular weight excluding hydrogens is 293 g/mol. The second-order valence-corrected chi connectivity index (χ2v) is 6.38. The topological polar surface area (TPSA) is 13.7 Å². The van der Waals surface area contributed by atoms with E-state index in [1.807, 2.05) is 0 Å². The van der Waals surface area contributed by atoms with Gasteiger partial charge in [-0.1, -0.05) is 25.5 Å². The van der Waals surface area contributed by atoms with Crippen molar-refractivity contribution in [1.29, 1.82) is 0 Å². The maximum absolute atomic E-state index is 5.93. The number of hydrogen-bond donors (Lipinski definition) is 1. The molecule has 0 fully saturated rings. The van der Waals surface area contributed by atoms with E-state index in [9.17, 15) is 0 Å². The Balaban J connectivity index is 2.81. The van der Waals surface area contributed by atoms with Crippen LogP contribution in [0.15, 0.2) is 18.2 Å². The minimum Gasteiger partial charge on any atom is -0.493 e. The molecule has 0 aliphatic carbocycles. The Morgan fingerprint density at radius 1 is 1.15 bits per heavy atom. The predicted octanol–water partition coefficient (Wildman–Crippen LogP) is 2.89. The summed E-state index contributed by atoms with van der Waals surface area (Å²) in [5.74, 6) is 2.82. The van der Waals surface area contributed by atoms with Gasteiger partial charge in [-0.05, 0) is 25.0 Å². The van der Waals surface area contributed by atoms with E-state index in [1.165, 1.54) is 16.0 Å². The number of halogens is 2. The average Bonchev–Trinajstić information content (AvgIpc) is 2.38. The van der Waals surface area contributed by atoms with Gasteiger partial charge in [0.1, 0.15) is 12.3 Å². The first-order chi connectivity index (χ1) is 9.56. The summed E-state index contributed by atoms with van der Waals surface area (Å²) in [6.07, 6.45) is 0. The van der Waals surface area contributed by atoms with E-state index < -0.39 is 0 Å². The zero-order valence-electron chi connectivity index (χ0n) is 12.7. The first-order valence-corrected chi connectivity index (χ1v) is 8.31. The molecule has 0 amide bonds. The molecule has 1 N–H and O–H groups in total. The highest BCUT2D eigenvalue weighted by atomic mass is 35.5. The van der Waals surface area contributed by atoms with Gasteiger partial charge in [0.05, 0.1) is 31.5 Å². The van der Waals surface area contributed by atoms with E-state index in [4.69, 9.17) is 27.9 Å². The van der Waals surface area contributed by atoms with Gasteiger partial charge >= 0.3 is 0 Å². The molecule has 0 aromatic heterocycles. The molecule has 20 heavy (non-hydrogen) atoms. The summed E-state index contributed by atoms with van der Waals surface area (Å²) in [6, 6.07) is 6.38. The van der Waals surface area contributed by atoms with Crippen molar-refractivity contribution < 1.29 is 9.64 Å². The fourth-order valence-electron chi connectivity index (χ4n) is 2.08. The molecule has 0 radical (unpaired) electrons. The molecule has 0 unspecified atom stereocenters. The fourth-order valence-corrected chi connectivity index (χ4v) is 2.62. The molecule has 1 aromatic rings. The first-order valence-electron chi connectivity index (χ1n) is 7.24. The van der Waals surface area contributed by atoms with Gasteiger partial charge in [-0.3, -0.25) is 0 Å². The Morgan fingerprint density at radius 3 is 2.35 bits per heavy atom. The van der Waals surface area contributed by atoms with Gasteiger partial charge in [0.2, 0.25) is 0 Å². The SMILES string of the molecule is Cc1ccc(OCC(C)C)c(C[NH+](CCCl)CCCl)c1. The number of rotatable bonds is 9. The summed E-state index contributed by atoms with van der Waals surface area (Å²) in [5, 5.41) is 0. The van der Waals surface area contributed by atoms with E-state index in [-0.39, 0.29) is 0 Å². The molecule has 0 aliphatic heterocycles. The number of hydrogen-bond acceptors (Lipinski definition) is 1. The largest absolute Gasteiger partial charge is 0.493 e. The third-order valence-electron chi connectivity index (χ3n) is 3.12. The number of benzene rings is 1. The van der Waals surface area contributed by atoms with Crippen molar-refractivity contribution in [2.45, 2.75) is 27.3 Å². The quantitative estimate of drug-likeness (QED) is 0.691. The van der Waals surface area contributed by atoms with Gasteiger partial charge in [-0.2, -0.15) is 0 Å². The maximum Gasteiger partial charge on any atom is 0.128 e. The maximum atomic E-state index is 5.93. The molecule has 0 saturated heterocycles. The minimum atomic E-state index is 0.526. The van der Waals surface area contributed by atoms with Gasteiger partial charge in [0, 0.05) is 5.56 Å². The van der Waals surface area contributed by atoms with E-state index in [0.717, 1.165) is 32.0 Å². The fraction of sp³-hybridized carbons (Fsp3) is 0.625. The molecule has 114 valence electrons. The third kappa shape index (κ3) is 6.34. The number of nitrogens with one attached hydrogen (secondary N) is 1. The van der Waals surface area contributed by atoms with Crippen molar-refractivity contribution in [3.8, 4) is 5.75 Å². The smallest absolute Gasteiger partial charge is 0.128 e. The summed E-state index contributed by atoms with van der Waals surface area (Å²) in [4.78, 5) is 1.40. The van der Waals surface area contributed by atoms with Crippen molar-refractivity contribution in [3.63, 3.8) is 0 Å². The van der Waals surface area contributed by atoms with Crippen LogP contribution in [0.25, 0.3) is 0 Å². The van der Waals surface area contributed by atoms with Gasteiger partial charge in [0.25, 0.3) is 0 Å². The number of quaternary nitrogens is 1. The van der Waals surface area contributed by atoms with Crippen LogP contribution in [0.5, 0.6) is 5.75 Å². The molecule has 1 rings (SSSR count). The summed E-state index contributed by atoms with van der Waals surface area (Å²) < 4.78 is 5.93. The van der Waals surface area contributed by atoms with E-state index in [2.05, 4.69) is 39.0 Å². The van der Waals surface area contributed by atoms with Crippen LogP contribution in [-0.4, -0.2) is 31.5 Å². The monoisotopic (exact) mass is 318 g/mol. The van der Waals surface area contributed by atoms with Crippen LogP contribution < -0.4 is 9.64 Å². The van der Waals surface area contributed by atoms with E-state index in [0.29, 0.717) is 17.7 Å². The molecule has 0 atom stereocenters. The lowest BCUT2D eigenvalue weighted by atomic mass is 10.1. The van der Waals surface area contributed by atoms with Gasteiger partial charge in [-0.15, -0.1) is 23.2 Å². The Bertz CT molecular complexity index is 390. The van der Waals surface area contributed by atoms with Crippen molar-refractivity contribution >= 4 is 23.2 Å². The lowest BCUT2D eigenvalue weighted by Crippen LogP contribution is -3.11. The van der Waals surface area contributed by atoms with Crippen molar-refractivity contribution in [1.82, 2.24) is 0 Å². The van der Waals surface area contributed by atoms with Crippen LogP contribution in [0.2, 0.25) is 0 Å². The van der Waals surface area contributed by atoms with Crippen LogP contribution in [0.1, 0.15) is 25.0 Å². The molecule has 0 aliphatic rings. The van der Waals surface area contributed by atoms with Crippen molar-refractivity contribution in [2.24, 2.45) is 5.92 Å². The molecule has 1 aromatic carbocycles. The second kappa shape index (κ2) is 9.49. The third-order valence-corrected chi connectivity index (χ3v) is 3.50.